The van der Waals surface area contributed by atoms with Gasteiger partial charge in [0, 0.05) is 27.4 Å². The molecule has 0 radical (unpaired) electrons. The number of aliphatic hydroxyl groups is 1. The molecular formula is C12H29NO4. The Morgan fingerprint density at radius 3 is 2.00 bits per heavy atom. The van der Waals surface area contributed by atoms with Gasteiger partial charge < -0.3 is 24.2 Å². The van der Waals surface area contributed by atoms with Gasteiger partial charge in [0.15, 0.2) is 0 Å². The Hall–Kier alpha value is -0.200. The lowest BCUT2D eigenvalue weighted by Gasteiger charge is -2.15. The largest absolute Gasteiger partial charge is 0.389 e. The molecule has 0 aromatic heterocycles. The van der Waals surface area contributed by atoms with E-state index in [9.17, 15) is 5.11 Å². The molecule has 0 saturated heterocycles. The van der Waals surface area contributed by atoms with Crippen molar-refractivity contribution in [3.8, 4) is 0 Å². The quantitative estimate of drug-likeness (QED) is 0.609. The molecule has 5 nitrogen and oxygen atoms in total. The number of aliphatic hydroxyl groups excluding tert-OH is 1. The van der Waals surface area contributed by atoms with Gasteiger partial charge in [0.25, 0.3) is 0 Å². The minimum absolute atomic E-state index is 0.377. The second kappa shape index (κ2) is 15.8. The lowest BCUT2D eigenvalue weighted by molar-refractivity contribution is 0.00478. The van der Waals surface area contributed by atoms with E-state index in [2.05, 4.69) is 6.92 Å². The minimum atomic E-state index is -0.406. The van der Waals surface area contributed by atoms with Crippen LogP contribution in [-0.2, 0) is 14.2 Å². The Kier molecular flexibility index (Phi) is 17.8. The summed E-state index contributed by atoms with van der Waals surface area (Å²) in [6.07, 6.45) is 0.716. The Morgan fingerprint density at radius 2 is 1.65 bits per heavy atom. The molecule has 1 N–H and O–H groups in total. The normalized spacial score (nSPS) is 12.2. The molecule has 0 saturated carbocycles. The maximum Gasteiger partial charge on any atom is 0.0899 e. The van der Waals surface area contributed by atoms with Gasteiger partial charge >= 0.3 is 0 Å². The van der Waals surface area contributed by atoms with Crippen LogP contribution in [0.4, 0.5) is 0 Å². The van der Waals surface area contributed by atoms with E-state index in [4.69, 9.17) is 14.2 Å². The summed E-state index contributed by atoms with van der Waals surface area (Å²) >= 11 is 0. The van der Waals surface area contributed by atoms with Crippen LogP contribution in [0.25, 0.3) is 0 Å². The molecule has 0 heterocycles. The summed E-state index contributed by atoms with van der Waals surface area (Å²) in [5.74, 6) is 0. The van der Waals surface area contributed by atoms with E-state index >= 15 is 0 Å². The molecule has 17 heavy (non-hydrogen) atoms. The summed E-state index contributed by atoms with van der Waals surface area (Å²) in [6.45, 7) is 5.10. The molecule has 1 atom stereocenters. The predicted molar refractivity (Wildman–Crippen MR) is 69.4 cm³/mol. The molecule has 0 aliphatic carbocycles. The van der Waals surface area contributed by atoms with E-state index in [0.717, 1.165) is 13.0 Å². The first kappa shape index (κ1) is 19.1. The molecule has 0 amide bonds. The van der Waals surface area contributed by atoms with E-state index in [1.54, 1.807) is 14.2 Å². The van der Waals surface area contributed by atoms with Crippen molar-refractivity contribution in [3.63, 3.8) is 0 Å². The number of hydrogen-bond acceptors (Lipinski definition) is 5. The number of rotatable bonds is 9. The second-order valence-electron chi connectivity index (χ2n) is 3.98. The predicted octanol–water partition coefficient (Wildman–Crippen LogP) is 0.615. The monoisotopic (exact) mass is 251 g/mol. The van der Waals surface area contributed by atoms with Crippen LogP contribution in [0.2, 0.25) is 0 Å². The summed E-state index contributed by atoms with van der Waals surface area (Å²) in [6, 6.07) is 0. The zero-order valence-corrected chi connectivity index (χ0v) is 11.9. The topological polar surface area (TPSA) is 51.2 Å². The van der Waals surface area contributed by atoms with Gasteiger partial charge in [-0.1, -0.05) is 6.92 Å². The fraction of sp³-hybridized carbons (Fsp3) is 1.00. The number of likely N-dealkylation sites (N-methyl/N-ethyl adjacent to an activating group) is 1. The smallest absolute Gasteiger partial charge is 0.0899 e. The van der Waals surface area contributed by atoms with Crippen LogP contribution in [-0.4, -0.2) is 77.4 Å². The molecule has 0 aliphatic rings. The second-order valence-corrected chi connectivity index (χ2v) is 3.98. The number of hydrogen-bond donors (Lipinski definition) is 1. The van der Waals surface area contributed by atoms with Crippen molar-refractivity contribution in [2.45, 2.75) is 19.4 Å². The van der Waals surface area contributed by atoms with Crippen LogP contribution >= 0.6 is 0 Å². The summed E-state index contributed by atoms with van der Waals surface area (Å²) in [4.78, 5) is 1.92. The van der Waals surface area contributed by atoms with Crippen molar-refractivity contribution in [1.82, 2.24) is 4.90 Å². The molecule has 106 valence electrons. The van der Waals surface area contributed by atoms with E-state index in [-0.39, 0.29) is 0 Å². The van der Waals surface area contributed by atoms with Crippen LogP contribution in [0.5, 0.6) is 0 Å². The van der Waals surface area contributed by atoms with Gasteiger partial charge in [-0.15, -0.1) is 0 Å². The standard InChI is InChI=1S/C8H19NO3.C4H10O/c1-9(2)6-8(10)7-12-5-4-11-3;1-3-4-5-2/h8,10H,4-7H2,1-3H3;3-4H2,1-2H3. The zero-order chi connectivity index (χ0) is 13.5. The molecular weight excluding hydrogens is 222 g/mol. The SMILES string of the molecule is CCCOC.COCCOCC(O)CN(C)C. The summed E-state index contributed by atoms with van der Waals surface area (Å²) < 4.78 is 14.6. The lowest BCUT2D eigenvalue weighted by atomic mass is 10.3. The average Bonchev–Trinajstić information content (AvgIpc) is 2.25. The molecule has 0 spiro atoms. The highest BCUT2D eigenvalue weighted by atomic mass is 16.5. The lowest BCUT2D eigenvalue weighted by Crippen LogP contribution is -2.29. The Labute approximate surface area is 106 Å². The maximum absolute atomic E-state index is 9.31. The molecule has 0 aliphatic heterocycles. The van der Waals surface area contributed by atoms with E-state index in [1.165, 1.54) is 0 Å². The first-order chi connectivity index (χ1) is 8.08. The van der Waals surface area contributed by atoms with Crippen molar-refractivity contribution < 1.29 is 19.3 Å². The van der Waals surface area contributed by atoms with E-state index in [0.29, 0.717) is 26.4 Å². The van der Waals surface area contributed by atoms with Gasteiger partial charge in [-0.2, -0.15) is 0 Å². The first-order valence-electron chi connectivity index (χ1n) is 5.96. The Morgan fingerprint density at radius 1 is 1.06 bits per heavy atom. The van der Waals surface area contributed by atoms with Crippen molar-refractivity contribution >= 4 is 0 Å². The van der Waals surface area contributed by atoms with E-state index < -0.39 is 6.10 Å². The van der Waals surface area contributed by atoms with Crippen molar-refractivity contribution in [2.24, 2.45) is 0 Å². The number of nitrogens with zero attached hydrogens (tertiary/aromatic N) is 1. The highest BCUT2D eigenvalue weighted by molar-refractivity contribution is 4.56. The molecule has 0 rings (SSSR count). The van der Waals surface area contributed by atoms with Crippen molar-refractivity contribution in [3.05, 3.63) is 0 Å². The first-order valence-corrected chi connectivity index (χ1v) is 5.96. The van der Waals surface area contributed by atoms with Crippen LogP contribution in [0.1, 0.15) is 13.3 Å². The van der Waals surface area contributed by atoms with Gasteiger partial charge in [-0.25, -0.2) is 0 Å². The third-order valence-corrected chi connectivity index (χ3v) is 1.73. The third kappa shape index (κ3) is 21.6. The highest BCUT2D eigenvalue weighted by Crippen LogP contribution is 1.87. The summed E-state index contributed by atoms with van der Waals surface area (Å²) in [7, 11) is 7.17. The molecule has 0 bridgehead atoms. The molecule has 0 aromatic carbocycles. The van der Waals surface area contributed by atoms with Gasteiger partial charge in [0.05, 0.1) is 25.9 Å². The Bertz CT molecular complexity index is 132. The molecule has 5 heteroatoms. The fourth-order valence-corrected chi connectivity index (χ4v) is 1.04. The Balaban J connectivity index is 0. The summed E-state index contributed by atoms with van der Waals surface area (Å²) in [5, 5.41) is 9.31. The number of ether oxygens (including phenoxy) is 3. The van der Waals surface area contributed by atoms with Gasteiger partial charge in [0.2, 0.25) is 0 Å². The fourth-order valence-electron chi connectivity index (χ4n) is 1.04. The van der Waals surface area contributed by atoms with Crippen molar-refractivity contribution in [2.75, 3.05) is 61.3 Å². The van der Waals surface area contributed by atoms with Crippen LogP contribution in [0.3, 0.4) is 0 Å². The van der Waals surface area contributed by atoms with Crippen LogP contribution in [0.15, 0.2) is 0 Å². The van der Waals surface area contributed by atoms with Crippen LogP contribution in [0, 0.1) is 0 Å². The zero-order valence-electron chi connectivity index (χ0n) is 11.9. The minimum Gasteiger partial charge on any atom is -0.389 e. The molecule has 0 aromatic rings. The molecule has 0 fully saturated rings. The van der Waals surface area contributed by atoms with E-state index in [1.807, 2.05) is 19.0 Å². The maximum atomic E-state index is 9.31. The highest BCUT2D eigenvalue weighted by Gasteiger charge is 2.04. The third-order valence-electron chi connectivity index (χ3n) is 1.73. The van der Waals surface area contributed by atoms with Gasteiger partial charge in [-0.3, -0.25) is 0 Å². The number of methoxy groups -OCH3 is 2. The summed E-state index contributed by atoms with van der Waals surface area (Å²) in [5.41, 5.74) is 0. The molecule has 1 unspecified atom stereocenters. The van der Waals surface area contributed by atoms with Crippen molar-refractivity contribution in [1.29, 1.82) is 0 Å². The van der Waals surface area contributed by atoms with Gasteiger partial charge in [0.1, 0.15) is 0 Å². The average molecular weight is 251 g/mol. The van der Waals surface area contributed by atoms with Gasteiger partial charge in [-0.05, 0) is 20.5 Å². The van der Waals surface area contributed by atoms with Crippen LogP contribution < -0.4 is 0 Å².